The van der Waals surface area contributed by atoms with Crippen LogP contribution in [-0.4, -0.2) is 30.2 Å². The summed E-state index contributed by atoms with van der Waals surface area (Å²) < 4.78 is 0. The fourth-order valence-electron chi connectivity index (χ4n) is 2.70. The standard InChI is InChI=1S/C15H19N3/c1-11-10-18(12(2)8-17-11)15-5-3-4-13-6-7-16-9-14(13)15/h3-7,9,11-12,17H,8,10H2,1-2H3. The average Bonchev–Trinajstić information content (AvgIpc) is 2.41. The summed E-state index contributed by atoms with van der Waals surface area (Å²) in [7, 11) is 0. The van der Waals surface area contributed by atoms with Crippen LogP contribution in [0.3, 0.4) is 0 Å². The number of hydrogen-bond acceptors (Lipinski definition) is 3. The lowest BCUT2D eigenvalue weighted by Crippen LogP contribution is -2.54. The molecule has 2 aromatic rings. The van der Waals surface area contributed by atoms with Crippen molar-refractivity contribution in [3.05, 3.63) is 36.7 Å². The van der Waals surface area contributed by atoms with Crippen LogP contribution < -0.4 is 10.2 Å². The third-order valence-corrected chi connectivity index (χ3v) is 3.73. The van der Waals surface area contributed by atoms with Gasteiger partial charge in [-0.25, -0.2) is 0 Å². The van der Waals surface area contributed by atoms with Crippen LogP contribution in [0.15, 0.2) is 36.7 Å². The molecule has 1 aliphatic rings. The first-order chi connectivity index (χ1) is 8.75. The Labute approximate surface area is 108 Å². The van der Waals surface area contributed by atoms with Crippen LogP contribution >= 0.6 is 0 Å². The van der Waals surface area contributed by atoms with E-state index < -0.39 is 0 Å². The zero-order valence-electron chi connectivity index (χ0n) is 10.9. The van der Waals surface area contributed by atoms with Crippen LogP contribution in [0.25, 0.3) is 10.8 Å². The van der Waals surface area contributed by atoms with Gasteiger partial charge in [-0.2, -0.15) is 0 Å². The molecule has 1 N–H and O–H groups in total. The zero-order valence-corrected chi connectivity index (χ0v) is 10.9. The maximum absolute atomic E-state index is 4.27. The van der Waals surface area contributed by atoms with Gasteiger partial charge in [-0.05, 0) is 31.4 Å². The molecule has 18 heavy (non-hydrogen) atoms. The van der Waals surface area contributed by atoms with Gasteiger partial charge in [-0.15, -0.1) is 0 Å². The van der Waals surface area contributed by atoms with Crippen molar-refractivity contribution in [2.24, 2.45) is 0 Å². The molecule has 0 aliphatic carbocycles. The second-order valence-corrected chi connectivity index (χ2v) is 5.18. The van der Waals surface area contributed by atoms with E-state index in [0.717, 1.165) is 13.1 Å². The predicted molar refractivity (Wildman–Crippen MR) is 76.0 cm³/mol. The summed E-state index contributed by atoms with van der Waals surface area (Å²) in [4.78, 5) is 6.76. The Morgan fingerprint density at radius 2 is 2.17 bits per heavy atom. The van der Waals surface area contributed by atoms with E-state index in [1.807, 2.05) is 12.4 Å². The summed E-state index contributed by atoms with van der Waals surface area (Å²) >= 11 is 0. The summed E-state index contributed by atoms with van der Waals surface area (Å²) in [5.41, 5.74) is 1.31. The van der Waals surface area contributed by atoms with Gasteiger partial charge in [0.15, 0.2) is 0 Å². The molecular weight excluding hydrogens is 222 g/mol. The Balaban J connectivity index is 2.07. The van der Waals surface area contributed by atoms with E-state index in [1.165, 1.54) is 16.5 Å². The molecule has 2 unspecified atom stereocenters. The maximum Gasteiger partial charge on any atom is 0.0464 e. The lowest BCUT2D eigenvalue weighted by molar-refractivity contribution is 0.426. The van der Waals surface area contributed by atoms with Gasteiger partial charge in [0.25, 0.3) is 0 Å². The highest BCUT2D eigenvalue weighted by Gasteiger charge is 2.23. The zero-order chi connectivity index (χ0) is 12.5. The van der Waals surface area contributed by atoms with Gasteiger partial charge in [-0.3, -0.25) is 4.98 Å². The molecular formula is C15H19N3. The van der Waals surface area contributed by atoms with Crippen molar-refractivity contribution in [2.75, 3.05) is 18.0 Å². The van der Waals surface area contributed by atoms with Gasteiger partial charge in [0.1, 0.15) is 0 Å². The van der Waals surface area contributed by atoms with E-state index >= 15 is 0 Å². The second-order valence-electron chi connectivity index (χ2n) is 5.18. The van der Waals surface area contributed by atoms with Gasteiger partial charge in [0, 0.05) is 48.6 Å². The van der Waals surface area contributed by atoms with Gasteiger partial charge in [-0.1, -0.05) is 12.1 Å². The third kappa shape index (κ3) is 1.95. The number of anilines is 1. The topological polar surface area (TPSA) is 28.2 Å². The number of benzene rings is 1. The number of aromatic nitrogens is 1. The molecule has 0 radical (unpaired) electrons. The van der Waals surface area contributed by atoms with Crippen molar-refractivity contribution < 1.29 is 0 Å². The number of nitrogens with zero attached hydrogens (tertiary/aromatic N) is 2. The molecule has 1 aromatic heterocycles. The normalized spacial score (nSPS) is 24.4. The van der Waals surface area contributed by atoms with Crippen molar-refractivity contribution >= 4 is 16.5 Å². The molecule has 0 amide bonds. The second kappa shape index (κ2) is 4.58. The number of fused-ring (bicyclic) bond motifs is 1. The Bertz CT molecular complexity index is 547. The molecule has 0 bridgehead atoms. The van der Waals surface area contributed by atoms with Crippen LogP contribution in [0.2, 0.25) is 0 Å². The average molecular weight is 241 g/mol. The van der Waals surface area contributed by atoms with Gasteiger partial charge >= 0.3 is 0 Å². The highest BCUT2D eigenvalue weighted by atomic mass is 15.2. The SMILES string of the molecule is CC1CN(c2cccc3ccncc23)C(C)CN1. The Morgan fingerprint density at radius 1 is 1.28 bits per heavy atom. The fourth-order valence-corrected chi connectivity index (χ4v) is 2.70. The van der Waals surface area contributed by atoms with Crippen LogP contribution in [-0.2, 0) is 0 Å². The number of rotatable bonds is 1. The predicted octanol–water partition coefficient (Wildman–Crippen LogP) is 2.42. The molecule has 3 heteroatoms. The first-order valence-corrected chi connectivity index (χ1v) is 6.58. The summed E-state index contributed by atoms with van der Waals surface area (Å²) in [6.07, 6.45) is 3.83. The van der Waals surface area contributed by atoms with Gasteiger partial charge in [0.2, 0.25) is 0 Å². The third-order valence-electron chi connectivity index (χ3n) is 3.73. The molecule has 2 heterocycles. The summed E-state index contributed by atoms with van der Waals surface area (Å²) in [5, 5.41) is 6.04. The molecule has 0 spiro atoms. The molecule has 0 saturated carbocycles. The van der Waals surface area contributed by atoms with Crippen molar-refractivity contribution in [1.82, 2.24) is 10.3 Å². The molecule has 3 nitrogen and oxygen atoms in total. The molecule has 2 atom stereocenters. The van der Waals surface area contributed by atoms with Crippen LogP contribution in [0.5, 0.6) is 0 Å². The molecule has 1 fully saturated rings. The van der Waals surface area contributed by atoms with Crippen molar-refractivity contribution in [2.45, 2.75) is 25.9 Å². The minimum Gasteiger partial charge on any atom is -0.365 e. The Morgan fingerprint density at radius 3 is 3.06 bits per heavy atom. The fraction of sp³-hybridized carbons (Fsp3) is 0.400. The van der Waals surface area contributed by atoms with Crippen molar-refractivity contribution in [3.8, 4) is 0 Å². The smallest absolute Gasteiger partial charge is 0.0464 e. The minimum atomic E-state index is 0.520. The monoisotopic (exact) mass is 241 g/mol. The van der Waals surface area contributed by atoms with E-state index in [1.54, 1.807) is 0 Å². The Kier molecular flexibility index (Phi) is 2.92. The first-order valence-electron chi connectivity index (χ1n) is 6.58. The highest BCUT2D eigenvalue weighted by Crippen LogP contribution is 2.28. The van der Waals surface area contributed by atoms with Gasteiger partial charge < -0.3 is 10.2 Å². The van der Waals surface area contributed by atoms with E-state index in [0.29, 0.717) is 12.1 Å². The summed E-state index contributed by atoms with van der Waals surface area (Å²) in [5.74, 6) is 0. The quantitative estimate of drug-likeness (QED) is 0.831. The van der Waals surface area contributed by atoms with Crippen molar-refractivity contribution in [1.29, 1.82) is 0 Å². The maximum atomic E-state index is 4.27. The van der Waals surface area contributed by atoms with E-state index in [2.05, 4.69) is 53.3 Å². The molecule has 1 aliphatic heterocycles. The lowest BCUT2D eigenvalue weighted by atomic mass is 10.1. The molecule has 1 saturated heterocycles. The van der Waals surface area contributed by atoms with Crippen molar-refractivity contribution in [3.63, 3.8) is 0 Å². The van der Waals surface area contributed by atoms with E-state index in [4.69, 9.17) is 0 Å². The number of hydrogen-bond donors (Lipinski definition) is 1. The van der Waals surface area contributed by atoms with Crippen LogP contribution in [0, 0.1) is 0 Å². The molecule has 1 aromatic carbocycles. The molecule has 94 valence electrons. The van der Waals surface area contributed by atoms with Crippen LogP contribution in [0.4, 0.5) is 5.69 Å². The van der Waals surface area contributed by atoms with E-state index in [9.17, 15) is 0 Å². The summed E-state index contributed by atoms with van der Waals surface area (Å²) in [6, 6.07) is 9.63. The van der Waals surface area contributed by atoms with Crippen LogP contribution in [0.1, 0.15) is 13.8 Å². The Hall–Kier alpha value is -1.61. The highest BCUT2D eigenvalue weighted by molar-refractivity contribution is 5.93. The number of pyridine rings is 1. The minimum absolute atomic E-state index is 0.520. The summed E-state index contributed by atoms with van der Waals surface area (Å²) in [6.45, 7) is 6.60. The van der Waals surface area contributed by atoms with E-state index in [-0.39, 0.29) is 0 Å². The lowest BCUT2D eigenvalue weighted by Gasteiger charge is -2.39. The largest absolute Gasteiger partial charge is 0.365 e. The van der Waals surface area contributed by atoms with Gasteiger partial charge in [0.05, 0.1) is 0 Å². The first kappa shape index (κ1) is 11.5. The number of piperazine rings is 1. The number of nitrogens with one attached hydrogen (secondary N) is 1. The molecule has 3 rings (SSSR count).